The van der Waals surface area contributed by atoms with Gasteiger partial charge in [0.25, 0.3) is 20.2 Å². The molecule has 0 radical (unpaired) electrons. The molecule has 5 atom stereocenters. The van der Waals surface area contributed by atoms with Crippen LogP contribution in [0.2, 0.25) is 0 Å². The molecule has 3 rings (SSSR count). The van der Waals surface area contributed by atoms with Crippen molar-refractivity contribution >= 4 is 26.2 Å². The van der Waals surface area contributed by atoms with E-state index in [1.54, 1.807) is 0 Å². The van der Waals surface area contributed by atoms with Crippen LogP contribution in [0.15, 0.2) is 0 Å². The molecule has 0 amide bonds. The number of carbonyl (C=O) groups is 1. The van der Waals surface area contributed by atoms with Gasteiger partial charge in [0.2, 0.25) is 0 Å². The van der Waals surface area contributed by atoms with Crippen LogP contribution in [0.1, 0.15) is 77.6 Å². The summed E-state index contributed by atoms with van der Waals surface area (Å²) >= 11 is 0. The number of rotatable bonds is 8. The number of ether oxygens (including phenoxy) is 1. The minimum absolute atomic E-state index is 0.0609. The van der Waals surface area contributed by atoms with E-state index < -0.39 is 26.0 Å². The monoisotopic (exact) mass is 480 g/mol. The Labute approximate surface area is 186 Å². The molecule has 0 saturated heterocycles. The Hall–Kier alpha value is -0.710. The smallest absolute Gasteiger partial charge is 0.308 e. The van der Waals surface area contributed by atoms with Gasteiger partial charge in [-0.3, -0.25) is 13.9 Å². The van der Waals surface area contributed by atoms with Crippen molar-refractivity contribution < 1.29 is 35.5 Å². The fourth-order valence-electron chi connectivity index (χ4n) is 7.09. The van der Waals surface area contributed by atoms with Crippen LogP contribution in [0.4, 0.5) is 0 Å². The van der Waals surface area contributed by atoms with Gasteiger partial charge in [0.15, 0.2) is 0 Å². The van der Waals surface area contributed by atoms with Crippen molar-refractivity contribution in [3.8, 4) is 0 Å². The van der Waals surface area contributed by atoms with E-state index >= 15 is 0 Å². The molecule has 2 bridgehead atoms. The molecule has 3 aliphatic carbocycles. The average Bonchev–Trinajstić information content (AvgIpc) is 2.64. The molecule has 8 nitrogen and oxygen atoms in total. The third-order valence-electron chi connectivity index (χ3n) is 7.99. The summed E-state index contributed by atoms with van der Waals surface area (Å²) in [6, 6.07) is 0. The fraction of sp³-hybridized carbons (Fsp3) is 0.952. The van der Waals surface area contributed by atoms with Gasteiger partial charge in [-0.2, -0.15) is 16.8 Å². The number of hydrogen-bond donors (Lipinski definition) is 2. The average molecular weight is 481 g/mol. The Morgan fingerprint density at radius 1 is 1.00 bits per heavy atom. The molecule has 0 heterocycles. The Bertz CT molecular complexity index is 868. The van der Waals surface area contributed by atoms with Gasteiger partial charge in [0.05, 0.1) is 11.7 Å². The lowest BCUT2D eigenvalue weighted by molar-refractivity contribution is -0.151. The molecule has 31 heavy (non-hydrogen) atoms. The summed E-state index contributed by atoms with van der Waals surface area (Å²) in [6.07, 6.45) is 10.0. The zero-order valence-electron chi connectivity index (χ0n) is 18.3. The predicted octanol–water partition coefficient (Wildman–Crippen LogP) is 3.48. The van der Waals surface area contributed by atoms with Crippen molar-refractivity contribution in [2.24, 2.45) is 28.6 Å². The summed E-state index contributed by atoms with van der Waals surface area (Å²) in [5.74, 6) is -0.607. The van der Waals surface area contributed by atoms with E-state index in [0.29, 0.717) is 24.7 Å². The van der Waals surface area contributed by atoms with E-state index in [4.69, 9.17) is 9.29 Å². The maximum atomic E-state index is 12.5. The Kier molecular flexibility index (Phi) is 7.45. The van der Waals surface area contributed by atoms with Crippen LogP contribution >= 0.6 is 0 Å². The van der Waals surface area contributed by atoms with E-state index in [1.165, 1.54) is 0 Å². The summed E-state index contributed by atoms with van der Waals surface area (Å²) in [5.41, 5.74) is 0.0250. The van der Waals surface area contributed by atoms with E-state index in [-0.39, 0.29) is 35.1 Å². The second-order valence-corrected chi connectivity index (χ2v) is 13.6. The molecule has 10 heteroatoms. The zero-order chi connectivity index (χ0) is 22.9. The Morgan fingerprint density at radius 2 is 1.71 bits per heavy atom. The highest BCUT2D eigenvalue weighted by Crippen LogP contribution is 2.63. The van der Waals surface area contributed by atoms with E-state index in [1.807, 2.05) is 0 Å². The first-order valence-corrected chi connectivity index (χ1v) is 14.6. The van der Waals surface area contributed by atoms with Crippen molar-refractivity contribution in [3.63, 3.8) is 0 Å². The zero-order valence-corrected chi connectivity index (χ0v) is 19.9. The van der Waals surface area contributed by atoms with Crippen LogP contribution in [0, 0.1) is 28.6 Å². The maximum Gasteiger partial charge on any atom is 0.308 e. The second-order valence-electron chi connectivity index (χ2n) is 10.5. The quantitative estimate of drug-likeness (QED) is 0.398. The highest BCUT2D eigenvalue weighted by atomic mass is 32.2. The molecule has 2 N–H and O–H groups in total. The summed E-state index contributed by atoms with van der Waals surface area (Å²) in [7, 11) is -8.15. The molecule has 0 aromatic rings. The molecule has 3 aliphatic rings. The molecule has 0 aliphatic heterocycles. The van der Waals surface area contributed by atoms with Crippen LogP contribution < -0.4 is 0 Å². The van der Waals surface area contributed by atoms with Crippen LogP contribution in [-0.2, 0) is 29.8 Å². The number of esters is 1. The summed E-state index contributed by atoms with van der Waals surface area (Å²) in [6.45, 7) is 1.89. The van der Waals surface area contributed by atoms with Gasteiger partial charge < -0.3 is 4.74 Å². The molecule has 5 unspecified atom stereocenters. The third kappa shape index (κ3) is 6.65. The molecular formula is C21H36O8S2. The normalized spacial score (nSPS) is 36.7. The Balaban J connectivity index is 1.69. The SMILES string of the molecule is CC1CC2(CCS(=O)(=O)O)CCCC(C3CCCC(C(=O)OCCS(=O)(=O)O)C3)(C1)C2. The molecule has 180 valence electrons. The van der Waals surface area contributed by atoms with E-state index in [2.05, 4.69) is 6.92 Å². The van der Waals surface area contributed by atoms with Gasteiger partial charge in [-0.25, -0.2) is 0 Å². The van der Waals surface area contributed by atoms with Crippen molar-refractivity contribution in [1.82, 2.24) is 0 Å². The second kappa shape index (κ2) is 9.27. The largest absolute Gasteiger partial charge is 0.464 e. The Morgan fingerprint density at radius 3 is 2.39 bits per heavy atom. The number of carbonyl (C=O) groups excluding carboxylic acids is 1. The molecule has 3 fully saturated rings. The molecule has 3 saturated carbocycles. The van der Waals surface area contributed by atoms with Crippen LogP contribution in [0.25, 0.3) is 0 Å². The van der Waals surface area contributed by atoms with E-state index in [9.17, 15) is 26.2 Å². The van der Waals surface area contributed by atoms with E-state index in [0.717, 1.165) is 57.8 Å². The van der Waals surface area contributed by atoms with Gasteiger partial charge in [-0.1, -0.05) is 19.8 Å². The highest BCUT2D eigenvalue weighted by Gasteiger charge is 2.53. The lowest BCUT2D eigenvalue weighted by Gasteiger charge is -2.58. The minimum Gasteiger partial charge on any atom is -0.464 e. The predicted molar refractivity (Wildman–Crippen MR) is 116 cm³/mol. The summed E-state index contributed by atoms with van der Waals surface area (Å²) in [4.78, 5) is 12.5. The van der Waals surface area contributed by atoms with Crippen LogP contribution in [0.3, 0.4) is 0 Å². The first kappa shape index (κ1) is 24.9. The highest BCUT2D eigenvalue weighted by molar-refractivity contribution is 7.86. The number of hydrogen-bond acceptors (Lipinski definition) is 6. The van der Waals surface area contributed by atoms with Crippen molar-refractivity contribution in [2.45, 2.75) is 77.6 Å². The minimum atomic E-state index is -4.16. The first-order valence-electron chi connectivity index (χ1n) is 11.4. The van der Waals surface area contributed by atoms with Crippen molar-refractivity contribution in [1.29, 1.82) is 0 Å². The molecular weight excluding hydrogens is 444 g/mol. The van der Waals surface area contributed by atoms with Gasteiger partial charge in [0, 0.05) is 0 Å². The summed E-state index contributed by atoms with van der Waals surface area (Å²) < 4.78 is 67.8. The number of fused-ring (bicyclic) bond motifs is 2. The van der Waals surface area contributed by atoms with Gasteiger partial charge in [-0.15, -0.1) is 0 Å². The molecule has 0 spiro atoms. The van der Waals surface area contributed by atoms with Crippen LogP contribution in [-0.4, -0.2) is 50.0 Å². The van der Waals surface area contributed by atoms with Crippen LogP contribution in [0.5, 0.6) is 0 Å². The summed E-state index contributed by atoms with van der Waals surface area (Å²) in [5, 5.41) is 0. The topological polar surface area (TPSA) is 135 Å². The van der Waals surface area contributed by atoms with Gasteiger partial charge >= 0.3 is 5.97 Å². The maximum absolute atomic E-state index is 12.5. The fourth-order valence-corrected chi connectivity index (χ4v) is 8.08. The first-order chi connectivity index (χ1) is 14.3. The standard InChI is InChI=1S/C21H36O8S2/c1-16-13-20(8-10-30(23,24)25)6-3-7-21(14-16,15-20)18-5-2-4-17(12-18)19(22)29-9-11-31(26,27)28/h16-18H,2-15H2,1H3,(H,23,24,25)(H,26,27,28). The molecule has 0 aromatic heterocycles. The lowest BCUT2D eigenvalue weighted by atomic mass is 9.47. The van der Waals surface area contributed by atoms with Gasteiger partial charge in [-0.05, 0) is 80.5 Å². The van der Waals surface area contributed by atoms with Gasteiger partial charge in [0.1, 0.15) is 12.4 Å². The third-order valence-corrected chi connectivity index (χ3v) is 9.40. The van der Waals surface area contributed by atoms with Crippen molar-refractivity contribution in [2.75, 3.05) is 18.1 Å². The molecule has 0 aromatic carbocycles. The van der Waals surface area contributed by atoms with Crippen molar-refractivity contribution in [3.05, 3.63) is 0 Å². The lowest BCUT2D eigenvalue weighted by Crippen LogP contribution is -2.49.